The van der Waals surface area contributed by atoms with Gasteiger partial charge in [-0.15, -0.1) is 0 Å². The van der Waals surface area contributed by atoms with Crippen LogP contribution in [-0.4, -0.2) is 56.5 Å². The molecule has 0 saturated carbocycles. The Bertz CT molecular complexity index is 1420. The van der Waals surface area contributed by atoms with Crippen LogP contribution in [0.4, 0.5) is 21.0 Å². The van der Waals surface area contributed by atoms with Crippen molar-refractivity contribution in [3.05, 3.63) is 77.9 Å². The molecule has 0 aliphatic heterocycles. The van der Waals surface area contributed by atoms with E-state index in [-0.39, 0.29) is 25.5 Å². The first-order valence-corrected chi connectivity index (χ1v) is 14.9. The number of anilines is 2. The molecule has 10 nitrogen and oxygen atoms in total. The lowest BCUT2D eigenvalue weighted by Crippen LogP contribution is -2.46. The monoisotopic (exact) mass is 602 g/mol. The Morgan fingerprint density at radius 1 is 0.886 bits per heavy atom. The first-order chi connectivity index (χ1) is 21.1. The predicted molar refractivity (Wildman–Crippen MR) is 171 cm³/mol. The van der Waals surface area contributed by atoms with Crippen LogP contribution in [0.15, 0.2) is 66.7 Å². The van der Waals surface area contributed by atoms with Crippen LogP contribution >= 0.6 is 0 Å². The third-order valence-corrected chi connectivity index (χ3v) is 7.13. The second kappa shape index (κ2) is 14.6. The molecule has 0 heterocycles. The van der Waals surface area contributed by atoms with Gasteiger partial charge in [0.2, 0.25) is 5.91 Å². The van der Waals surface area contributed by atoms with Crippen molar-refractivity contribution >= 4 is 29.5 Å². The van der Waals surface area contributed by atoms with Crippen LogP contribution < -0.4 is 26.0 Å². The maximum absolute atomic E-state index is 13.4. The number of hydrogen-bond donors (Lipinski definition) is 4. The number of alkyl carbamates (subject to hydrolysis) is 2. The minimum atomic E-state index is -0.937. The smallest absolute Gasteiger partial charge is 0.408 e. The van der Waals surface area contributed by atoms with Crippen molar-refractivity contribution in [3.63, 3.8) is 0 Å². The first-order valence-electron chi connectivity index (χ1n) is 14.9. The van der Waals surface area contributed by atoms with Gasteiger partial charge in [0, 0.05) is 19.5 Å². The molecule has 3 amide bonds. The number of benzene rings is 3. The van der Waals surface area contributed by atoms with Crippen molar-refractivity contribution in [1.29, 1.82) is 0 Å². The number of hydrogen-bond acceptors (Lipinski definition) is 7. The minimum absolute atomic E-state index is 0.0404. The molecule has 0 radical (unpaired) electrons. The molecule has 0 bridgehead atoms. The molecule has 10 heteroatoms. The zero-order chi connectivity index (χ0) is 31.7. The summed E-state index contributed by atoms with van der Waals surface area (Å²) >= 11 is 0. The van der Waals surface area contributed by atoms with E-state index < -0.39 is 29.7 Å². The highest BCUT2D eigenvalue weighted by Crippen LogP contribution is 2.44. The first kappa shape index (κ1) is 32.2. The van der Waals surface area contributed by atoms with Gasteiger partial charge in [0.1, 0.15) is 29.7 Å². The van der Waals surface area contributed by atoms with Gasteiger partial charge in [0.25, 0.3) is 0 Å². The fourth-order valence-corrected chi connectivity index (χ4v) is 5.22. The van der Waals surface area contributed by atoms with Gasteiger partial charge >= 0.3 is 12.2 Å². The Labute approximate surface area is 258 Å². The van der Waals surface area contributed by atoms with Crippen molar-refractivity contribution in [1.82, 2.24) is 10.6 Å². The van der Waals surface area contributed by atoms with E-state index in [4.69, 9.17) is 14.2 Å². The van der Waals surface area contributed by atoms with Gasteiger partial charge in [0.15, 0.2) is 0 Å². The summed E-state index contributed by atoms with van der Waals surface area (Å²) in [7, 11) is 1.74. The highest BCUT2D eigenvalue weighted by molar-refractivity contribution is 6.00. The summed E-state index contributed by atoms with van der Waals surface area (Å²) in [6, 6.07) is 20.7. The van der Waals surface area contributed by atoms with E-state index in [0.717, 1.165) is 22.3 Å². The molecule has 1 aliphatic rings. The fraction of sp³-hybridized carbons (Fsp3) is 0.382. The zero-order valence-electron chi connectivity index (χ0n) is 26.0. The molecule has 0 saturated heterocycles. The summed E-state index contributed by atoms with van der Waals surface area (Å²) in [6.45, 7) is 7.96. The molecule has 3 aromatic carbocycles. The summed E-state index contributed by atoms with van der Waals surface area (Å²) in [5.74, 6) is 0.0163. The van der Waals surface area contributed by atoms with Gasteiger partial charge in [-0.3, -0.25) is 4.79 Å². The Kier molecular flexibility index (Phi) is 10.7. The molecule has 234 valence electrons. The van der Waals surface area contributed by atoms with E-state index in [1.807, 2.05) is 43.3 Å². The Hall–Kier alpha value is -4.73. The minimum Gasteiger partial charge on any atom is -0.492 e. The molecule has 4 N–H and O–H groups in total. The van der Waals surface area contributed by atoms with E-state index >= 15 is 0 Å². The Balaban J connectivity index is 1.35. The highest BCUT2D eigenvalue weighted by Gasteiger charge is 2.29. The number of carbonyl (C=O) groups is 3. The molecule has 44 heavy (non-hydrogen) atoms. The molecule has 0 unspecified atom stereocenters. The molecule has 0 spiro atoms. The molecule has 0 fully saturated rings. The topological polar surface area (TPSA) is 127 Å². The van der Waals surface area contributed by atoms with Crippen LogP contribution in [-0.2, 0) is 14.3 Å². The maximum Gasteiger partial charge on any atom is 0.408 e. The number of nitrogens with one attached hydrogen (secondary N) is 4. The van der Waals surface area contributed by atoms with E-state index in [1.165, 1.54) is 0 Å². The van der Waals surface area contributed by atoms with Crippen LogP contribution in [0.3, 0.4) is 0 Å². The van der Waals surface area contributed by atoms with Crippen molar-refractivity contribution in [3.8, 4) is 16.9 Å². The average molecular weight is 603 g/mol. The second-order valence-corrected chi connectivity index (χ2v) is 11.4. The Morgan fingerprint density at radius 3 is 2.16 bits per heavy atom. The second-order valence-electron chi connectivity index (χ2n) is 11.4. The van der Waals surface area contributed by atoms with E-state index in [1.54, 1.807) is 33.9 Å². The van der Waals surface area contributed by atoms with E-state index in [2.05, 4.69) is 45.5 Å². The Morgan fingerprint density at radius 2 is 1.55 bits per heavy atom. The summed E-state index contributed by atoms with van der Waals surface area (Å²) in [4.78, 5) is 38.7. The van der Waals surface area contributed by atoms with Gasteiger partial charge in [-0.25, -0.2) is 9.59 Å². The molecular formula is C34H42N4O6. The molecule has 1 aliphatic carbocycles. The van der Waals surface area contributed by atoms with Gasteiger partial charge < -0.3 is 35.5 Å². The van der Waals surface area contributed by atoms with Crippen molar-refractivity contribution in [2.24, 2.45) is 0 Å². The lowest BCUT2D eigenvalue weighted by molar-refractivity contribution is -0.118. The predicted octanol–water partition coefficient (Wildman–Crippen LogP) is 6.28. The number of fused-ring (bicyclic) bond motifs is 3. The molecule has 3 aromatic rings. The van der Waals surface area contributed by atoms with Crippen LogP contribution in [0.25, 0.3) is 11.1 Å². The summed E-state index contributed by atoms with van der Waals surface area (Å²) < 4.78 is 16.7. The molecule has 4 rings (SSSR count). The molecule has 1 atom stereocenters. The highest BCUT2D eigenvalue weighted by atomic mass is 16.6. The largest absolute Gasteiger partial charge is 0.492 e. The molecule has 0 aromatic heterocycles. The van der Waals surface area contributed by atoms with Gasteiger partial charge in [-0.2, -0.15) is 0 Å². The van der Waals surface area contributed by atoms with Gasteiger partial charge in [-0.05, 0) is 74.9 Å². The number of para-hydroxylation sites is 1. The van der Waals surface area contributed by atoms with Crippen molar-refractivity contribution < 1.29 is 28.6 Å². The SMILES string of the molecule is CCOc1cccc(NC)c1NC(=O)[C@H](CCCNC(=O)OCC1c2ccccc2-c2ccccc21)NC(=O)OC(C)(C)C. The van der Waals surface area contributed by atoms with Gasteiger partial charge in [-0.1, -0.05) is 54.6 Å². The third kappa shape index (κ3) is 8.21. The lowest BCUT2D eigenvalue weighted by Gasteiger charge is -2.24. The summed E-state index contributed by atoms with van der Waals surface area (Å²) in [5.41, 5.74) is 4.98. The van der Waals surface area contributed by atoms with Crippen LogP contribution in [0.2, 0.25) is 0 Å². The van der Waals surface area contributed by atoms with Crippen LogP contribution in [0, 0.1) is 0 Å². The standard InChI is InChI=1S/C34H42N4O6/c1-6-42-29-19-11-17-27(35-5)30(29)38-31(39)28(37-33(41)44-34(2,3)4)18-12-20-36-32(40)43-21-26-24-15-9-7-13-22(24)23-14-8-10-16-25(23)26/h7-11,13-17,19,26,28,35H,6,12,18,20-21H2,1-5H3,(H,36,40)(H,37,41)(H,38,39)/t28-/m0/s1. The van der Waals surface area contributed by atoms with Gasteiger partial charge in [0.05, 0.1) is 12.3 Å². The van der Waals surface area contributed by atoms with Crippen LogP contribution in [0.1, 0.15) is 57.6 Å². The average Bonchev–Trinajstić information content (AvgIpc) is 3.31. The summed E-state index contributed by atoms with van der Waals surface area (Å²) in [6.07, 6.45) is -0.629. The third-order valence-electron chi connectivity index (χ3n) is 7.13. The fourth-order valence-electron chi connectivity index (χ4n) is 5.22. The molecular weight excluding hydrogens is 560 g/mol. The van der Waals surface area contributed by atoms with Crippen molar-refractivity contribution in [2.45, 2.75) is 58.1 Å². The number of ether oxygens (including phenoxy) is 3. The van der Waals surface area contributed by atoms with E-state index in [9.17, 15) is 14.4 Å². The maximum atomic E-state index is 13.4. The lowest BCUT2D eigenvalue weighted by atomic mass is 9.98. The number of amides is 3. The zero-order valence-corrected chi connectivity index (χ0v) is 26.0. The van der Waals surface area contributed by atoms with Crippen LogP contribution in [0.5, 0.6) is 5.75 Å². The van der Waals surface area contributed by atoms with Crippen molar-refractivity contribution in [2.75, 3.05) is 37.4 Å². The summed E-state index contributed by atoms with van der Waals surface area (Å²) in [5, 5.41) is 11.4. The number of carbonyl (C=O) groups excluding carboxylic acids is 3. The number of rotatable bonds is 12. The quantitative estimate of drug-likeness (QED) is 0.180. The van der Waals surface area contributed by atoms with E-state index in [0.29, 0.717) is 30.2 Å². The normalized spacial score (nSPS) is 12.8.